The van der Waals surface area contributed by atoms with Gasteiger partial charge in [0.1, 0.15) is 0 Å². The maximum atomic E-state index is 2.18. The summed E-state index contributed by atoms with van der Waals surface area (Å²) in [5.74, 6) is 0. The molecule has 0 aromatic rings. The molecule has 0 fully saturated rings. The maximum Gasteiger partial charge on any atom is 0.0750 e. The molecule has 0 saturated heterocycles. The third-order valence-electron chi connectivity index (χ3n) is 0.577. The second-order valence-electron chi connectivity index (χ2n) is 1.20. The zero-order chi connectivity index (χ0) is 4.12. The van der Waals surface area contributed by atoms with E-state index in [2.05, 4.69) is 19.3 Å². The minimum atomic E-state index is 0. The van der Waals surface area contributed by atoms with Gasteiger partial charge >= 0.3 is 0 Å². The summed E-state index contributed by atoms with van der Waals surface area (Å²) in [4.78, 5) is 0. The Kier molecular flexibility index (Phi) is 13.8. The maximum absolute atomic E-state index is 2.18. The molecule has 0 heterocycles. The van der Waals surface area contributed by atoms with Crippen molar-refractivity contribution < 1.29 is 5.32 Å². The predicted octanol–water partition coefficient (Wildman–Crippen LogP) is 0.226. The van der Waals surface area contributed by atoms with E-state index in [1.807, 2.05) is 0 Å². The molecule has 1 heteroatoms. The molecular formula is C5H16N+. The molecule has 0 radical (unpaired) electrons. The first-order chi connectivity index (χ1) is 2.41. The molecule has 6 heavy (non-hydrogen) atoms. The molecule has 0 amide bonds. The molecule has 0 aliphatic heterocycles. The molecule has 0 atom stereocenters. The van der Waals surface area contributed by atoms with E-state index in [9.17, 15) is 0 Å². The Morgan fingerprint density at radius 3 is 2.00 bits per heavy atom. The normalized spacial score (nSPS) is 7.00. The monoisotopic (exact) mass is 90.1 g/mol. The van der Waals surface area contributed by atoms with Crippen LogP contribution in [0.15, 0.2) is 0 Å². The molecule has 40 valence electrons. The van der Waals surface area contributed by atoms with Crippen LogP contribution >= 0.6 is 0 Å². The Bertz CT molecular complexity index is 11.4. The lowest BCUT2D eigenvalue weighted by molar-refractivity contribution is -0.626. The van der Waals surface area contributed by atoms with Gasteiger partial charge < -0.3 is 5.32 Å². The largest absolute Gasteiger partial charge is 0.349 e. The Morgan fingerprint density at radius 2 is 2.00 bits per heavy atom. The molecule has 0 aromatic heterocycles. The van der Waals surface area contributed by atoms with Crippen LogP contribution in [0.1, 0.15) is 20.8 Å². The first-order valence-corrected chi connectivity index (χ1v) is 2.19. The summed E-state index contributed by atoms with van der Waals surface area (Å²) >= 11 is 0. The van der Waals surface area contributed by atoms with Gasteiger partial charge in [0.05, 0.1) is 13.6 Å². The molecular weight excluding hydrogens is 74.1 g/mol. The fourth-order valence-electron chi connectivity index (χ4n) is 0.289. The fourth-order valence-corrected chi connectivity index (χ4v) is 0.289. The smallest absolute Gasteiger partial charge is 0.0750 e. The van der Waals surface area contributed by atoms with E-state index >= 15 is 0 Å². The van der Waals surface area contributed by atoms with Crippen LogP contribution < -0.4 is 5.32 Å². The van der Waals surface area contributed by atoms with Gasteiger partial charge in [0.15, 0.2) is 0 Å². The summed E-state index contributed by atoms with van der Waals surface area (Å²) in [6, 6.07) is 0. The lowest BCUT2D eigenvalue weighted by Gasteiger charge is -1.81. The molecule has 0 bridgehead atoms. The second-order valence-corrected chi connectivity index (χ2v) is 1.20. The first kappa shape index (κ1) is 9.35. The van der Waals surface area contributed by atoms with Crippen LogP contribution in [0.4, 0.5) is 0 Å². The van der Waals surface area contributed by atoms with Crippen molar-refractivity contribution in [2.24, 2.45) is 0 Å². The zero-order valence-corrected chi connectivity index (χ0v) is 3.99. The van der Waals surface area contributed by atoms with Gasteiger partial charge in [0.2, 0.25) is 0 Å². The highest BCUT2D eigenvalue weighted by Gasteiger charge is 1.68. The van der Waals surface area contributed by atoms with Gasteiger partial charge in [0.25, 0.3) is 0 Å². The zero-order valence-electron chi connectivity index (χ0n) is 3.99. The topological polar surface area (TPSA) is 16.6 Å². The number of rotatable bonds is 2. The van der Waals surface area contributed by atoms with Crippen molar-refractivity contribution in [3.63, 3.8) is 0 Å². The Hall–Kier alpha value is -0.0400. The first-order valence-electron chi connectivity index (χ1n) is 2.19. The van der Waals surface area contributed by atoms with Crippen LogP contribution in [0.2, 0.25) is 0 Å². The van der Waals surface area contributed by atoms with Gasteiger partial charge in [0, 0.05) is 0 Å². The van der Waals surface area contributed by atoms with E-state index < -0.39 is 0 Å². The van der Waals surface area contributed by atoms with Crippen LogP contribution in [0, 0.1) is 0 Å². The van der Waals surface area contributed by atoms with Crippen molar-refractivity contribution in [3.8, 4) is 0 Å². The summed E-state index contributed by atoms with van der Waals surface area (Å²) in [5.41, 5.74) is 0. The van der Waals surface area contributed by atoms with E-state index in [0.29, 0.717) is 0 Å². The minimum Gasteiger partial charge on any atom is -0.349 e. The Morgan fingerprint density at radius 1 is 1.50 bits per heavy atom. The number of quaternary nitrogens is 1. The highest BCUT2D eigenvalue weighted by Crippen LogP contribution is 1.56. The highest BCUT2D eigenvalue weighted by atomic mass is 14.8. The van der Waals surface area contributed by atoms with Crippen molar-refractivity contribution in [3.05, 3.63) is 0 Å². The van der Waals surface area contributed by atoms with Gasteiger partial charge in [-0.1, -0.05) is 14.4 Å². The van der Waals surface area contributed by atoms with Crippen LogP contribution in [0.5, 0.6) is 0 Å². The van der Waals surface area contributed by atoms with Gasteiger partial charge in [-0.3, -0.25) is 0 Å². The van der Waals surface area contributed by atoms with Gasteiger partial charge in [-0.2, -0.15) is 0 Å². The van der Waals surface area contributed by atoms with E-state index in [1.54, 1.807) is 0 Å². The van der Waals surface area contributed by atoms with Crippen LogP contribution in [0.25, 0.3) is 0 Å². The van der Waals surface area contributed by atoms with E-state index in [0.717, 1.165) is 0 Å². The Balaban J connectivity index is 0. The van der Waals surface area contributed by atoms with Crippen molar-refractivity contribution in [2.75, 3.05) is 13.6 Å². The lowest BCUT2D eigenvalue weighted by Crippen LogP contribution is -2.79. The number of hydrogen-bond donors (Lipinski definition) is 1. The second kappa shape index (κ2) is 8.88. The van der Waals surface area contributed by atoms with Crippen LogP contribution in [0.3, 0.4) is 0 Å². The molecule has 1 nitrogen and oxygen atoms in total. The lowest BCUT2D eigenvalue weighted by atomic mass is 10.5. The third-order valence-corrected chi connectivity index (χ3v) is 0.577. The average Bonchev–Trinajstić information content (AvgIpc) is 1.41. The summed E-state index contributed by atoms with van der Waals surface area (Å²) in [6.45, 7) is 3.44. The van der Waals surface area contributed by atoms with Crippen LogP contribution in [-0.4, -0.2) is 13.6 Å². The minimum absolute atomic E-state index is 0. The van der Waals surface area contributed by atoms with E-state index in [4.69, 9.17) is 0 Å². The van der Waals surface area contributed by atoms with Crippen molar-refractivity contribution in [1.29, 1.82) is 0 Å². The molecule has 2 N–H and O–H groups in total. The van der Waals surface area contributed by atoms with Crippen molar-refractivity contribution in [1.82, 2.24) is 0 Å². The summed E-state index contributed by atoms with van der Waals surface area (Å²) < 4.78 is 0. The predicted molar refractivity (Wildman–Crippen MR) is 29.7 cm³/mol. The summed E-state index contributed by atoms with van der Waals surface area (Å²) in [7, 11) is 2.09. The van der Waals surface area contributed by atoms with Gasteiger partial charge in [-0.15, -0.1) is 0 Å². The van der Waals surface area contributed by atoms with E-state index in [1.165, 1.54) is 13.0 Å². The SMILES string of the molecule is C.CCC[NH2+]C. The number of nitrogens with two attached hydrogens (primary N) is 1. The van der Waals surface area contributed by atoms with Crippen molar-refractivity contribution >= 4 is 0 Å². The standard InChI is InChI=1S/C4H11N.CH4/c1-3-4-5-2;/h5H,3-4H2,1-2H3;1H4/p+1. The van der Waals surface area contributed by atoms with E-state index in [-0.39, 0.29) is 7.43 Å². The van der Waals surface area contributed by atoms with Gasteiger partial charge in [-0.25, -0.2) is 0 Å². The average molecular weight is 90.2 g/mol. The van der Waals surface area contributed by atoms with Crippen LogP contribution in [-0.2, 0) is 0 Å². The summed E-state index contributed by atoms with van der Waals surface area (Å²) in [5, 5.41) is 2.18. The Labute approximate surface area is 40.8 Å². The molecule has 0 rings (SSSR count). The molecule has 0 aromatic carbocycles. The third kappa shape index (κ3) is 9.03. The molecule has 0 unspecified atom stereocenters. The van der Waals surface area contributed by atoms with Crippen molar-refractivity contribution in [2.45, 2.75) is 20.8 Å². The summed E-state index contributed by atoms with van der Waals surface area (Å²) in [6.07, 6.45) is 1.29. The molecule has 0 saturated carbocycles. The highest BCUT2D eigenvalue weighted by molar-refractivity contribution is 4.09. The van der Waals surface area contributed by atoms with Gasteiger partial charge in [-0.05, 0) is 6.42 Å². The molecule has 0 aliphatic carbocycles. The fraction of sp³-hybridized carbons (Fsp3) is 1.00. The quantitative estimate of drug-likeness (QED) is 0.499. The molecule has 0 aliphatic rings. The number of hydrogen-bond acceptors (Lipinski definition) is 0. The molecule has 0 spiro atoms.